The Kier molecular flexibility index (Phi) is 7.33. The van der Waals surface area contributed by atoms with Gasteiger partial charge in [0.1, 0.15) is 28.5 Å². The van der Waals surface area contributed by atoms with Crippen LogP contribution in [-0.2, 0) is 9.47 Å². The van der Waals surface area contributed by atoms with Crippen LogP contribution < -0.4 is 11.1 Å². The second-order valence-corrected chi connectivity index (χ2v) is 8.27. The second-order valence-electron chi connectivity index (χ2n) is 8.27. The molecule has 1 heterocycles. The lowest BCUT2D eigenvalue weighted by Gasteiger charge is -2.27. The minimum Gasteiger partial charge on any atom is -0.506 e. The van der Waals surface area contributed by atoms with Crippen LogP contribution >= 0.6 is 0 Å². The second kappa shape index (κ2) is 9.53. The van der Waals surface area contributed by atoms with Gasteiger partial charge in [-0.1, -0.05) is 12.1 Å². The summed E-state index contributed by atoms with van der Waals surface area (Å²) in [6.07, 6.45) is -0.106. The average molecular weight is 415 g/mol. The molecule has 0 spiro atoms. The Labute approximate surface area is 176 Å². The summed E-state index contributed by atoms with van der Waals surface area (Å²) in [6.45, 7) is 9.98. The number of carbonyl (C=O) groups excluding carboxylic acids is 1. The van der Waals surface area contributed by atoms with Crippen molar-refractivity contribution in [2.45, 2.75) is 52.2 Å². The molecule has 1 aromatic heterocycles. The van der Waals surface area contributed by atoms with Crippen molar-refractivity contribution in [1.82, 2.24) is 4.98 Å². The maximum Gasteiger partial charge on any atom is 0.413 e. The number of aromatic nitrogens is 1. The van der Waals surface area contributed by atoms with Gasteiger partial charge in [-0.15, -0.1) is 10.2 Å². The number of nitrogens with two attached hydrogens (primary N) is 1. The number of anilines is 2. The van der Waals surface area contributed by atoms with E-state index in [1.165, 1.54) is 12.1 Å². The van der Waals surface area contributed by atoms with E-state index in [9.17, 15) is 9.90 Å². The number of hydrogen-bond acceptors (Lipinski definition) is 8. The summed E-state index contributed by atoms with van der Waals surface area (Å²) in [5, 5.41) is 20.2. The minimum absolute atomic E-state index is 0.00401. The Morgan fingerprint density at radius 3 is 2.40 bits per heavy atom. The first kappa shape index (κ1) is 23.1. The summed E-state index contributed by atoms with van der Waals surface area (Å²) in [6, 6.07) is 9.62. The lowest BCUT2D eigenvalue weighted by molar-refractivity contribution is -0.0380. The third-order valence-corrected chi connectivity index (χ3v) is 3.89. The quantitative estimate of drug-likeness (QED) is 0.525. The van der Waals surface area contributed by atoms with Crippen LogP contribution in [0.15, 0.2) is 46.6 Å². The number of aromatic hydroxyl groups is 1. The number of amides is 1. The molecule has 2 rings (SSSR count). The zero-order valence-electron chi connectivity index (χ0n) is 18.0. The van der Waals surface area contributed by atoms with Crippen LogP contribution in [0.2, 0.25) is 0 Å². The summed E-state index contributed by atoms with van der Waals surface area (Å²) in [5.41, 5.74) is 5.54. The molecule has 0 aliphatic rings. The highest BCUT2D eigenvalue weighted by molar-refractivity contribution is 5.84. The largest absolute Gasteiger partial charge is 0.506 e. The molecule has 30 heavy (non-hydrogen) atoms. The fourth-order valence-corrected chi connectivity index (χ4v) is 2.31. The molecule has 0 aliphatic carbocycles. The number of nitrogens with one attached hydrogen (secondary N) is 1. The van der Waals surface area contributed by atoms with Gasteiger partial charge in [0.25, 0.3) is 0 Å². The Balaban J connectivity index is 1.95. The van der Waals surface area contributed by atoms with Gasteiger partial charge >= 0.3 is 6.09 Å². The number of benzene rings is 1. The van der Waals surface area contributed by atoms with Crippen molar-refractivity contribution in [3.05, 3.63) is 36.4 Å². The van der Waals surface area contributed by atoms with Crippen LogP contribution in [0.5, 0.6) is 5.75 Å². The van der Waals surface area contributed by atoms with Gasteiger partial charge in [-0.3, -0.25) is 5.32 Å². The SMILES string of the molecule is CC(C)(C)OCCC(C)(C)OC(=O)Nc1ccc(/N=N/c2ccccc2O)c(N)n1. The lowest BCUT2D eigenvalue weighted by Crippen LogP contribution is -2.33. The standard InChI is InChI=1S/C21H29N5O4/c1-20(2,3)29-13-12-21(4,5)30-19(28)24-17-11-10-15(18(22)23-17)26-25-14-8-6-7-9-16(14)27/h6-11,27H,12-13H2,1-5H3,(H3,22,23,24,28)/b26-25+. The van der Waals surface area contributed by atoms with Crippen molar-refractivity contribution in [3.63, 3.8) is 0 Å². The van der Waals surface area contributed by atoms with E-state index in [1.54, 1.807) is 24.3 Å². The van der Waals surface area contributed by atoms with Crippen molar-refractivity contribution in [1.29, 1.82) is 0 Å². The van der Waals surface area contributed by atoms with E-state index in [1.807, 2.05) is 34.6 Å². The molecule has 0 bridgehead atoms. The fraction of sp³-hybridized carbons (Fsp3) is 0.429. The van der Waals surface area contributed by atoms with Crippen molar-refractivity contribution >= 4 is 29.1 Å². The monoisotopic (exact) mass is 415 g/mol. The summed E-state index contributed by atoms with van der Waals surface area (Å²) in [5.74, 6) is 0.301. The molecule has 1 aromatic carbocycles. The van der Waals surface area contributed by atoms with Gasteiger partial charge in [0.05, 0.1) is 12.2 Å². The molecule has 0 radical (unpaired) electrons. The van der Waals surface area contributed by atoms with Crippen molar-refractivity contribution in [3.8, 4) is 5.75 Å². The summed E-state index contributed by atoms with van der Waals surface area (Å²) in [7, 11) is 0. The Morgan fingerprint density at radius 2 is 1.77 bits per heavy atom. The molecule has 0 unspecified atom stereocenters. The number of azo groups is 1. The molecule has 0 saturated carbocycles. The third-order valence-electron chi connectivity index (χ3n) is 3.89. The fourth-order valence-electron chi connectivity index (χ4n) is 2.31. The highest BCUT2D eigenvalue weighted by Crippen LogP contribution is 2.29. The van der Waals surface area contributed by atoms with Crippen molar-refractivity contribution in [2.75, 3.05) is 17.7 Å². The summed E-state index contributed by atoms with van der Waals surface area (Å²) in [4.78, 5) is 16.3. The highest BCUT2D eigenvalue weighted by Gasteiger charge is 2.24. The molecule has 1 amide bonds. The molecular weight excluding hydrogens is 386 g/mol. The molecule has 0 atom stereocenters. The number of rotatable bonds is 7. The molecule has 0 aliphatic heterocycles. The van der Waals surface area contributed by atoms with Gasteiger partial charge in [0.2, 0.25) is 0 Å². The normalized spacial score (nSPS) is 12.2. The molecular formula is C21H29N5O4. The van der Waals surface area contributed by atoms with Crippen molar-refractivity contribution < 1.29 is 19.4 Å². The van der Waals surface area contributed by atoms with E-state index >= 15 is 0 Å². The first-order valence-corrected chi connectivity index (χ1v) is 9.55. The van der Waals surface area contributed by atoms with Crippen LogP contribution in [0.1, 0.15) is 41.0 Å². The Hall–Kier alpha value is -3.20. The van der Waals surface area contributed by atoms with Gasteiger partial charge < -0.3 is 20.3 Å². The van der Waals surface area contributed by atoms with Gasteiger partial charge in [-0.05, 0) is 58.9 Å². The topological polar surface area (TPSA) is 131 Å². The smallest absolute Gasteiger partial charge is 0.413 e. The molecule has 0 fully saturated rings. The number of hydrogen-bond donors (Lipinski definition) is 3. The predicted molar refractivity (Wildman–Crippen MR) is 115 cm³/mol. The molecule has 162 valence electrons. The van der Waals surface area contributed by atoms with E-state index in [4.69, 9.17) is 15.2 Å². The maximum atomic E-state index is 12.2. The number of phenols is 1. The average Bonchev–Trinajstić information content (AvgIpc) is 2.60. The van der Waals surface area contributed by atoms with Crippen molar-refractivity contribution in [2.24, 2.45) is 10.2 Å². The van der Waals surface area contributed by atoms with E-state index in [2.05, 4.69) is 20.5 Å². The first-order chi connectivity index (χ1) is 14.0. The number of nitrogens with zero attached hydrogens (tertiary/aromatic N) is 3. The third kappa shape index (κ3) is 7.67. The van der Waals surface area contributed by atoms with Crippen LogP contribution in [-0.4, -0.2) is 34.0 Å². The van der Waals surface area contributed by atoms with Crippen LogP contribution in [0.25, 0.3) is 0 Å². The van der Waals surface area contributed by atoms with Crippen LogP contribution in [0.3, 0.4) is 0 Å². The van der Waals surface area contributed by atoms with Gasteiger partial charge in [0.15, 0.2) is 5.82 Å². The zero-order chi connectivity index (χ0) is 22.4. The number of para-hydroxylation sites is 1. The van der Waals surface area contributed by atoms with E-state index < -0.39 is 11.7 Å². The number of nitrogen functional groups attached to an aromatic ring is 1. The maximum absolute atomic E-state index is 12.2. The Bertz CT molecular complexity index is 907. The Morgan fingerprint density at radius 1 is 1.10 bits per heavy atom. The van der Waals surface area contributed by atoms with E-state index in [0.717, 1.165) is 0 Å². The van der Waals surface area contributed by atoms with E-state index in [-0.39, 0.29) is 23.0 Å². The highest BCUT2D eigenvalue weighted by atomic mass is 16.6. The summed E-state index contributed by atoms with van der Waals surface area (Å²) < 4.78 is 11.1. The molecule has 4 N–H and O–H groups in total. The van der Waals surface area contributed by atoms with Gasteiger partial charge in [0, 0.05) is 6.42 Å². The molecule has 0 saturated heterocycles. The van der Waals surface area contributed by atoms with Gasteiger partial charge in [-0.25, -0.2) is 9.78 Å². The van der Waals surface area contributed by atoms with Crippen LogP contribution in [0, 0.1) is 0 Å². The predicted octanol–water partition coefficient (Wildman–Crippen LogP) is 5.32. The van der Waals surface area contributed by atoms with Gasteiger partial charge in [-0.2, -0.15) is 0 Å². The number of pyridine rings is 1. The lowest BCUT2D eigenvalue weighted by atomic mass is 10.1. The summed E-state index contributed by atoms with van der Waals surface area (Å²) >= 11 is 0. The number of phenolic OH excluding ortho intramolecular Hbond substituents is 1. The molecule has 9 nitrogen and oxygen atoms in total. The van der Waals surface area contributed by atoms with E-state index in [0.29, 0.717) is 24.4 Å². The number of carbonyl (C=O) groups is 1. The molecule has 9 heteroatoms. The minimum atomic E-state index is -0.716. The first-order valence-electron chi connectivity index (χ1n) is 9.55. The molecule has 2 aromatic rings. The zero-order valence-corrected chi connectivity index (χ0v) is 18.0. The number of ether oxygens (including phenoxy) is 2. The van der Waals surface area contributed by atoms with Crippen LogP contribution in [0.4, 0.5) is 27.8 Å².